The lowest BCUT2D eigenvalue weighted by Gasteiger charge is -2.34. The van der Waals surface area contributed by atoms with Crippen LogP contribution >= 0.6 is 0 Å². The molecule has 0 saturated carbocycles. The topological polar surface area (TPSA) is 80.1 Å². The molecule has 1 aliphatic rings. The molecule has 0 aliphatic heterocycles. The molecule has 2 heterocycles. The number of methoxy groups -OCH3 is 1. The van der Waals surface area contributed by atoms with Crippen molar-refractivity contribution in [1.29, 1.82) is 0 Å². The third-order valence-electron chi connectivity index (χ3n) is 6.35. The normalized spacial score (nSPS) is 15.8. The molecule has 2 aromatic carbocycles. The molecule has 1 aliphatic carbocycles. The number of nitrogens with two attached hydrogens (primary N) is 1. The third-order valence-corrected chi connectivity index (χ3v) is 6.35. The molecule has 0 spiro atoms. The first kappa shape index (κ1) is 20.7. The zero-order chi connectivity index (χ0) is 21.9. The summed E-state index contributed by atoms with van der Waals surface area (Å²) in [5, 5.41) is 0. The average Bonchev–Trinajstić information content (AvgIpc) is 3.25. The molecular formula is C26H29N5O. The van der Waals surface area contributed by atoms with Gasteiger partial charge in [0.1, 0.15) is 11.6 Å². The Hall–Kier alpha value is -3.22. The Morgan fingerprint density at radius 2 is 2.03 bits per heavy atom. The highest BCUT2D eigenvalue weighted by molar-refractivity contribution is 5.74. The summed E-state index contributed by atoms with van der Waals surface area (Å²) in [7, 11) is 1.70. The summed E-state index contributed by atoms with van der Waals surface area (Å²) in [5.74, 6) is 1.82. The SMILES string of the molecule is COc1cc(CN(Cc2nc3ccccc3[nH]2)C2CCCc3cccnc32)ccc1CN. The van der Waals surface area contributed by atoms with E-state index in [-0.39, 0.29) is 6.04 Å². The second kappa shape index (κ2) is 9.10. The number of fused-ring (bicyclic) bond motifs is 2. The highest BCUT2D eigenvalue weighted by atomic mass is 16.5. The average molecular weight is 428 g/mol. The summed E-state index contributed by atoms with van der Waals surface area (Å²) in [6.07, 6.45) is 5.25. The van der Waals surface area contributed by atoms with Gasteiger partial charge in [0.2, 0.25) is 0 Å². The molecule has 5 rings (SSSR count). The zero-order valence-corrected chi connectivity index (χ0v) is 18.4. The van der Waals surface area contributed by atoms with Crippen LogP contribution in [0.5, 0.6) is 5.75 Å². The maximum Gasteiger partial charge on any atom is 0.123 e. The van der Waals surface area contributed by atoms with Gasteiger partial charge in [-0.3, -0.25) is 9.88 Å². The van der Waals surface area contributed by atoms with Crippen molar-refractivity contribution < 1.29 is 4.74 Å². The van der Waals surface area contributed by atoms with Crippen LogP contribution in [0.1, 0.15) is 47.1 Å². The standard InChI is InChI=1S/C26H29N5O/c1-32-24-14-18(11-12-20(24)15-27)16-31(17-25-29-21-8-2-3-9-22(21)30-25)23-10-4-6-19-7-5-13-28-26(19)23/h2-3,5,7-9,11-14,23H,4,6,10,15-17,27H2,1H3,(H,29,30). The number of aryl methyl sites for hydroxylation is 1. The Morgan fingerprint density at radius 1 is 1.12 bits per heavy atom. The van der Waals surface area contributed by atoms with E-state index in [1.54, 1.807) is 7.11 Å². The van der Waals surface area contributed by atoms with Gasteiger partial charge in [-0.05, 0) is 54.7 Å². The van der Waals surface area contributed by atoms with Crippen molar-refractivity contribution in [1.82, 2.24) is 19.9 Å². The maximum absolute atomic E-state index is 5.88. The number of aromatic nitrogens is 3. The highest BCUT2D eigenvalue weighted by Gasteiger charge is 2.28. The maximum atomic E-state index is 5.88. The Kier molecular flexibility index (Phi) is 5.88. The first-order chi connectivity index (χ1) is 15.7. The number of para-hydroxylation sites is 2. The van der Waals surface area contributed by atoms with Crippen LogP contribution in [-0.4, -0.2) is 27.0 Å². The molecule has 0 radical (unpaired) electrons. The largest absolute Gasteiger partial charge is 0.496 e. The van der Waals surface area contributed by atoms with Crippen LogP contribution in [0, 0.1) is 0 Å². The summed E-state index contributed by atoms with van der Waals surface area (Å²) < 4.78 is 5.59. The summed E-state index contributed by atoms with van der Waals surface area (Å²) in [6, 6.07) is 19.0. The molecule has 6 heteroatoms. The summed E-state index contributed by atoms with van der Waals surface area (Å²) in [5.41, 5.74) is 12.7. The van der Waals surface area contributed by atoms with Gasteiger partial charge in [0.15, 0.2) is 0 Å². The van der Waals surface area contributed by atoms with Crippen LogP contribution in [-0.2, 0) is 26.1 Å². The van der Waals surface area contributed by atoms with Gasteiger partial charge in [-0.15, -0.1) is 0 Å². The number of rotatable bonds is 7. The molecule has 6 nitrogen and oxygen atoms in total. The van der Waals surface area contributed by atoms with Crippen molar-refractivity contribution in [2.45, 2.75) is 44.9 Å². The lowest BCUT2D eigenvalue weighted by molar-refractivity contribution is 0.153. The van der Waals surface area contributed by atoms with Gasteiger partial charge in [-0.1, -0.05) is 30.3 Å². The first-order valence-corrected chi connectivity index (χ1v) is 11.2. The number of aromatic amines is 1. The zero-order valence-electron chi connectivity index (χ0n) is 18.4. The highest BCUT2D eigenvalue weighted by Crippen LogP contribution is 2.35. The van der Waals surface area contributed by atoms with E-state index >= 15 is 0 Å². The van der Waals surface area contributed by atoms with Crippen LogP contribution < -0.4 is 10.5 Å². The van der Waals surface area contributed by atoms with Crippen molar-refractivity contribution in [3.63, 3.8) is 0 Å². The number of ether oxygens (including phenoxy) is 1. The summed E-state index contributed by atoms with van der Waals surface area (Å²) in [6.45, 7) is 1.96. The van der Waals surface area contributed by atoms with E-state index in [2.05, 4.69) is 40.2 Å². The lowest BCUT2D eigenvalue weighted by Crippen LogP contribution is -2.31. The second-order valence-electron chi connectivity index (χ2n) is 8.41. The molecule has 0 fully saturated rings. The fourth-order valence-electron chi connectivity index (χ4n) is 4.78. The van der Waals surface area contributed by atoms with Gasteiger partial charge in [0, 0.05) is 24.8 Å². The molecule has 32 heavy (non-hydrogen) atoms. The van der Waals surface area contributed by atoms with Crippen LogP contribution in [0.15, 0.2) is 60.8 Å². The van der Waals surface area contributed by atoms with Gasteiger partial charge < -0.3 is 15.5 Å². The van der Waals surface area contributed by atoms with Crippen LogP contribution in [0.4, 0.5) is 0 Å². The molecule has 1 unspecified atom stereocenters. The van der Waals surface area contributed by atoms with Crippen LogP contribution in [0.3, 0.4) is 0 Å². The van der Waals surface area contributed by atoms with Gasteiger partial charge in [0.05, 0.1) is 36.4 Å². The monoisotopic (exact) mass is 427 g/mol. The number of nitrogens with zero attached hydrogens (tertiary/aromatic N) is 3. The van der Waals surface area contributed by atoms with Crippen molar-refractivity contribution in [2.75, 3.05) is 7.11 Å². The van der Waals surface area contributed by atoms with E-state index in [4.69, 9.17) is 20.4 Å². The molecular weight excluding hydrogens is 398 g/mol. The minimum atomic E-state index is 0.244. The number of nitrogens with one attached hydrogen (secondary N) is 1. The first-order valence-electron chi connectivity index (χ1n) is 11.2. The van der Waals surface area contributed by atoms with E-state index < -0.39 is 0 Å². The predicted octanol–water partition coefficient (Wildman–Crippen LogP) is 4.51. The Labute approximate surface area is 188 Å². The van der Waals surface area contributed by atoms with Gasteiger partial charge in [-0.25, -0.2) is 4.98 Å². The molecule has 2 aromatic heterocycles. The second-order valence-corrected chi connectivity index (χ2v) is 8.41. The number of hydrogen-bond donors (Lipinski definition) is 2. The summed E-state index contributed by atoms with van der Waals surface area (Å²) >= 11 is 0. The number of H-pyrrole nitrogens is 1. The minimum Gasteiger partial charge on any atom is -0.496 e. The number of benzene rings is 2. The van der Waals surface area contributed by atoms with Crippen LogP contribution in [0.2, 0.25) is 0 Å². The fraction of sp³-hybridized carbons (Fsp3) is 0.308. The van der Waals surface area contributed by atoms with E-state index in [0.717, 1.165) is 60.5 Å². The Morgan fingerprint density at radius 3 is 2.88 bits per heavy atom. The number of hydrogen-bond acceptors (Lipinski definition) is 5. The van der Waals surface area contributed by atoms with Gasteiger partial charge in [-0.2, -0.15) is 0 Å². The molecule has 3 N–H and O–H groups in total. The van der Waals surface area contributed by atoms with Crippen molar-refractivity contribution in [2.24, 2.45) is 5.73 Å². The van der Waals surface area contributed by atoms with E-state index in [9.17, 15) is 0 Å². The third kappa shape index (κ3) is 4.11. The Bertz CT molecular complexity index is 1180. The van der Waals surface area contributed by atoms with Crippen molar-refractivity contribution in [3.05, 3.63) is 89.0 Å². The lowest BCUT2D eigenvalue weighted by atomic mass is 9.90. The Balaban J connectivity index is 1.50. The van der Waals surface area contributed by atoms with E-state index in [0.29, 0.717) is 6.54 Å². The molecule has 4 aromatic rings. The fourth-order valence-corrected chi connectivity index (χ4v) is 4.78. The molecule has 164 valence electrons. The van der Waals surface area contributed by atoms with Gasteiger partial charge >= 0.3 is 0 Å². The minimum absolute atomic E-state index is 0.244. The molecule has 1 atom stereocenters. The summed E-state index contributed by atoms with van der Waals surface area (Å²) in [4.78, 5) is 15.6. The van der Waals surface area contributed by atoms with Crippen molar-refractivity contribution in [3.8, 4) is 5.75 Å². The van der Waals surface area contributed by atoms with Crippen molar-refractivity contribution >= 4 is 11.0 Å². The molecule has 0 saturated heterocycles. The quantitative estimate of drug-likeness (QED) is 0.454. The van der Waals surface area contributed by atoms with Gasteiger partial charge in [0.25, 0.3) is 0 Å². The molecule has 0 bridgehead atoms. The smallest absolute Gasteiger partial charge is 0.123 e. The van der Waals surface area contributed by atoms with Crippen LogP contribution in [0.25, 0.3) is 11.0 Å². The number of imidazole rings is 1. The van der Waals surface area contributed by atoms with E-state index in [1.165, 1.54) is 16.8 Å². The van der Waals surface area contributed by atoms with E-state index in [1.807, 2.05) is 30.5 Å². The predicted molar refractivity (Wildman–Crippen MR) is 126 cm³/mol. The molecule has 0 amide bonds. The number of pyridine rings is 1.